The Labute approximate surface area is 96.1 Å². The average molecular weight is 215 g/mol. The van der Waals surface area contributed by atoms with Crippen molar-refractivity contribution in [2.75, 3.05) is 0 Å². The first-order chi connectivity index (χ1) is 7.81. The van der Waals surface area contributed by atoms with Gasteiger partial charge in [-0.15, -0.1) is 0 Å². The van der Waals surface area contributed by atoms with Crippen LogP contribution in [-0.2, 0) is 10.2 Å². The zero-order valence-corrected chi connectivity index (χ0v) is 9.41. The van der Waals surface area contributed by atoms with Crippen LogP contribution in [0.2, 0.25) is 0 Å². The van der Waals surface area contributed by atoms with E-state index in [1.165, 1.54) is 18.4 Å². The largest absolute Gasteiger partial charge is 0.352 e. The Bertz CT molecular complexity index is 400. The van der Waals surface area contributed by atoms with Crippen molar-refractivity contribution < 1.29 is 4.79 Å². The Balaban J connectivity index is 2.03. The summed E-state index contributed by atoms with van der Waals surface area (Å²) in [6.07, 6.45) is 5.47. The number of nitrogens with one attached hydrogen (secondary N) is 1. The van der Waals surface area contributed by atoms with Gasteiger partial charge in [0.1, 0.15) is 0 Å². The molecule has 0 aromatic heterocycles. The third-order valence-electron chi connectivity index (χ3n) is 4.19. The van der Waals surface area contributed by atoms with E-state index in [1.807, 2.05) is 6.07 Å². The van der Waals surface area contributed by atoms with Crippen molar-refractivity contribution in [1.29, 1.82) is 0 Å². The lowest BCUT2D eigenvalue weighted by Gasteiger charge is -2.38. The number of carbonyl (C=O) groups is 1. The van der Waals surface area contributed by atoms with E-state index in [4.69, 9.17) is 0 Å². The number of amides is 1. The molecule has 1 N–H and O–H groups in total. The molecule has 2 nitrogen and oxygen atoms in total. The molecular formula is C14H17NO. The van der Waals surface area contributed by atoms with Gasteiger partial charge in [0.2, 0.25) is 5.91 Å². The molecule has 2 aliphatic rings. The first-order valence-electron chi connectivity index (χ1n) is 6.16. The van der Waals surface area contributed by atoms with Crippen LogP contribution in [0.1, 0.15) is 37.7 Å². The quantitative estimate of drug-likeness (QED) is 0.765. The highest BCUT2D eigenvalue weighted by molar-refractivity contribution is 5.81. The number of fused-ring (bicyclic) bond motifs is 1. The van der Waals surface area contributed by atoms with Gasteiger partial charge in [-0.2, -0.15) is 0 Å². The molecule has 3 rings (SSSR count). The van der Waals surface area contributed by atoms with Crippen LogP contribution in [0.3, 0.4) is 0 Å². The number of rotatable bonds is 1. The van der Waals surface area contributed by atoms with Crippen LogP contribution in [0.15, 0.2) is 30.3 Å². The third kappa shape index (κ3) is 1.36. The molecule has 2 fully saturated rings. The maximum absolute atomic E-state index is 11.7. The van der Waals surface area contributed by atoms with Crippen molar-refractivity contribution in [2.24, 2.45) is 0 Å². The topological polar surface area (TPSA) is 29.1 Å². The van der Waals surface area contributed by atoms with E-state index in [0.717, 1.165) is 12.8 Å². The summed E-state index contributed by atoms with van der Waals surface area (Å²) in [4.78, 5) is 11.7. The van der Waals surface area contributed by atoms with Gasteiger partial charge in [-0.05, 0) is 18.4 Å². The SMILES string of the molecule is O=C1C[C@@]2(c3ccccc3)CCCC[C@H]2N1. The van der Waals surface area contributed by atoms with Crippen LogP contribution in [0.25, 0.3) is 0 Å². The first kappa shape index (κ1) is 9.88. The van der Waals surface area contributed by atoms with E-state index >= 15 is 0 Å². The van der Waals surface area contributed by atoms with Crippen LogP contribution >= 0.6 is 0 Å². The molecule has 1 amide bonds. The molecule has 1 aliphatic heterocycles. The molecule has 1 aromatic rings. The highest BCUT2D eigenvalue weighted by atomic mass is 16.2. The number of benzene rings is 1. The summed E-state index contributed by atoms with van der Waals surface area (Å²) in [7, 11) is 0. The summed E-state index contributed by atoms with van der Waals surface area (Å²) < 4.78 is 0. The third-order valence-corrected chi connectivity index (χ3v) is 4.19. The number of hydrogen-bond donors (Lipinski definition) is 1. The highest BCUT2D eigenvalue weighted by Gasteiger charge is 2.48. The molecule has 0 bridgehead atoms. The fraction of sp³-hybridized carbons (Fsp3) is 0.500. The predicted octanol–water partition coefficient (Wildman–Crippen LogP) is 2.39. The molecule has 0 spiro atoms. The van der Waals surface area contributed by atoms with Crippen LogP contribution < -0.4 is 5.32 Å². The molecule has 1 aromatic carbocycles. The molecule has 1 aliphatic carbocycles. The van der Waals surface area contributed by atoms with Crippen molar-refractivity contribution in [3.63, 3.8) is 0 Å². The van der Waals surface area contributed by atoms with Crippen LogP contribution in [0.4, 0.5) is 0 Å². The van der Waals surface area contributed by atoms with E-state index in [1.54, 1.807) is 0 Å². The monoisotopic (exact) mass is 215 g/mol. The van der Waals surface area contributed by atoms with E-state index in [9.17, 15) is 4.79 Å². The first-order valence-corrected chi connectivity index (χ1v) is 6.16. The van der Waals surface area contributed by atoms with Crippen molar-refractivity contribution >= 4 is 5.91 Å². The van der Waals surface area contributed by atoms with Gasteiger partial charge in [0.15, 0.2) is 0 Å². The summed E-state index contributed by atoms with van der Waals surface area (Å²) in [5, 5.41) is 3.16. The normalized spacial score (nSPS) is 33.2. The average Bonchev–Trinajstić information content (AvgIpc) is 2.67. The van der Waals surface area contributed by atoms with Gasteiger partial charge in [0.25, 0.3) is 0 Å². The van der Waals surface area contributed by atoms with Crippen molar-refractivity contribution in [3.05, 3.63) is 35.9 Å². The second-order valence-corrected chi connectivity index (χ2v) is 5.06. The lowest BCUT2D eigenvalue weighted by atomic mass is 9.66. The Kier molecular flexibility index (Phi) is 2.23. The lowest BCUT2D eigenvalue weighted by molar-refractivity contribution is -0.119. The number of carbonyl (C=O) groups excluding carboxylic acids is 1. The standard InChI is InChI=1S/C14H17NO/c16-13-10-14(11-6-2-1-3-7-11)9-5-4-8-12(14)15-13/h1-3,6-7,12H,4-5,8-10H2,(H,15,16)/t12-,14-/m1/s1. The Morgan fingerprint density at radius 1 is 1.19 bits per heavy atom. The van der Waals surface area contributed by atoms with E-state index in [-0.39, 0.29) is 11.3 Å². The minimum atomic E-state index is 0.0938. The van der Waals surface area contributed by atoms with Gasteiger partial charge in [-0.25, -0.2) is 0 Å². The van der Waals surface area contributed by atoms with E-state index < -0.39 is 0 Å². The maximum atomic E-state index is 11.7. The summed E-state index contributed by atoms with van der Waals surface area (Å²) in [6, 6.07) is 10.9. The molecule has 1 saturated heterocycles. The molecule has 2 atom stereocenters. The summed E-state index contributed by atoms with van der Waals surface area (Å²) in [6.45, 7) is 0. The van der Waals surface area contributed by atoms with E-state index in [0.29, 0.717) is 12.5 Å². The van der Waals surface area contributed by atoms with Gasteiger partial charge in [0, 0.05) is 17.9 Å². The maximum Gasteiger partial charge on any atom is 0.221 e. The Morgan fingerprint density at radius 2 is 2.00 bits per heavy atom. The minimum absolute atomic E-state index is 0.0938. The second-order valence-electron chi connectivity index (χ2n) is 5.06. The van der Waals surface area contributed by atoms with Gasteiger partial charge in [-0.3, -0.25) is 4.79 Å². The second kappa shape index (κ2) is 3.62. The van der Waals surface area contributed by atoms with Crippen LogP contribution in [0, 0.1) is 0 Å². The number of hydrogen-bond acceptors (Lipinski definition) is 1. The molecule has 0 unspecified atom stereocenters. The van der Waals surface area contributed by atoms with Crippen molar-refractivity contribution in [1.82, 2.24) is 5.32 Å². The summed E-state index contributed by atoms with van der Waals surface area (Å²) in [5.41, 5.74) is 1.44. The van der Waals surface area contributed by atoms with Gasteiger partial charge >= 0.3 is 0 Å². The van der Waals surface area contributed by atoms with Gasteiger partial charge in [-0.1, -0.05) is 43.2 Å². The Hall–Kier alpha value is -1.31. The van der Waals surface area contributed by atoms with E-state index in [2.05, 4.69) is 29.6 Å². The molecule has 0 radical (unpaired) electrons. The lowest BCUT2D eigenvalue weighted by Crippen LogP contribution is -2.43. The zero-order valence-electron chi connectivity index (χ0n) is 9.41. The van der Waals surface area contributed by atoms with Crippen molar-refractivity contribution in [2.45, 2.75) is 43.6 Å². The Morgan fingerprint density at radius 3 is 2.81 bits per heavy atom. The molecule has 1 saturated carbocycles. The zero-order chi connectivity index (χ0) is 11.0. The molecule has 2 heteroatoms. The fourth-order valence-electron chi connectivity index (χ4n) is 3.41. The summed E-state index contributed by atoms with van der Waals surface area (Å²) in [5.74, 6) is 0.232. The van der Waals surface area contributed by atoms with Crippen LogP contribution in [-0.4, -0.2) is 11.9 Å². The van der Waals surface area contributed by atoms with Gasteiger partial charge < -0.3 is 5.32 Å². The van der Waals surface area contributed by atoms with Crippen LogP contribution in [0.5, 0.6) is 0 Å². The minimum Gasteiger partial charge on any atom is -0.352 e. The molecule has 84 valence electrons. The molecule has 1 heterocycles. The highest BCUT2D eigenvalue weighted by Crippen LogP contribution is 2.45. The smallest absolute Gasteiger partial charge is 0.221 e. The molecule has 16 heavy (non-hydrogen) atoms. The summed E-state index contributed by atoms with van der Waals surface area (Å²) >= 11 is 0. The molecular weight excluding hydrogens is 198 g/mol. The van der Waals surface area contributed by atoms with Crippen molar-refractivity contribution in [3.8, 4) is 0 Å². The van der Waals surface area contributed by atoms with Gasteiger partial charge in [0.05, 0.1) is 0 Å². The predicted molar refractivity (Wildman–Crippen MR) is 63.1 cm³/mol. The fourth-order valence-corrected chi connectivity index (χ4v) is 3.41.